The maximum Gasteiger partial charge on any atom is 0.264 e. The molecule has 1 amide bonds. The fraction of sp³-hybridized carbons (Fsp3) is 0.235. The van der Waals surface area contributed by atoms with Gasteiger partial charge in [-0.2, -0.15) is 0 Å². The standard InChI is InChI=1S/C17H18N2O4S/c1-11-6-12(2)8-13(7-11)18-24(21,22)14-4-5-16-15(9-14)19(3)17(20)10-23-16/h4-9,18H,10H2,1-3H3. The van der Waals surface area contributed by atoms with Crippen LogP contribution in [0, 0.1) is 13.8 Å². The van der Waals surface area contributed by atoms with Crippen LogP contribution in [-0.2, 0) is 14.8 Å². The predicted molar refractivity (Wildman–Crippen MR) is 92.1 cm³/mol. The number of anilines is 2. The lowest BCUT2D eigenvalue weighted by Gasteiger charge is -2.26. The monoisotopic (exact) mass is 346 g/mol. The van der Waals surface area contributed by atoms with Gasteiger partial charge in [-0.3, -0.25) is 9.52 Å². The molecule has 0 radical (unpaired) electrons. The normalized spacial score (nSPS) is 14.1. The zero-order valence-corrected chi connectivity index (χ0v) is 14.5. The molecule has 0 bridgehead atoms. The Morgan fingerprint density at radius 2 is 1.75 bits per heavy atom. The second-order valence-electron chi connectivity index (χ2n) is 5.85. The number of carbonyl (C=O) groups is 1. The smallest absolute Gasteiger partial charge is 0.264 e. The molecule has 0 fully saturated rings. The summed E-state index contributed by atoms with van der Waals surface area (Å²) in [6.45, 7) is 3.76. The SMILES string of the molecule is Cc1cc(C)cc(NS(=O)(=O)c2ccc3c(c2)N(C)C(=O)CO3)c1. The van der Waals surface area contributed by atoms with Crippen molar-refractivity contribution >= 4 is 27.3 Å². The quantitative estimate of drug-likeness (QED) is 0.926. The number of nitrogens with one attached hydrogen (secondary N) is 1. The molecule has 1 heterocycles. The summed E-state index contributed by atoms with van der Waals surface area (Å²) in [6.07, 6.45) is 0. The Bertz CT molecular complexity index is 902. The third kappa shape index (κ3) is 3.07. The van der Waals surface area contributed by atoms with E-state index in [0.29, 0.717) is 17.1 Å². The number of hydrogen-bond acceptors (Lipinski definition) is 4. The number of amides is 1. The third-order valence-corrected chi connectivity index (χ3v) is 5.18. The fourth-order valence-electron chi connectivity index (χ4n) is 2.67. The predicted octanol–water partition coefficient (Wildman–Crippen LogP) is 2.46. The number of nitrogens with zero attached hydrogens (tertiary/aromatic N) is 1. The Morgan fingerprint density at radius 3 is 2.42 bits per heavy atom. The molecule has 126 valence electrons. The van der Waals surface area contributed by atoms with Crippen molar-refractivity contribution < 1.29 is 17.9 Å². The summed E-state index contributed by atoms with van der Waals surface area (Å²) >= 11 is 0. The van der Waals surface area contributed by atoms with Gasteiger partial charge < -0.3 is 9.64 Å². The van der Waals surface area contributed by atoms with Gasteiger partial charge in [-0.25, -0.2) is 8.42 Å². The molecule has 2 aromatic rings. The summed E-state index contributed by atoms with van der Waals surface area (Å²) in [5.41, 5.74) is 2.88. The van der Waals surface area contributed by atoms with Crippen LogP contribution >= 0.6 is 0 Å². The van der Waals surface area contributed by atoms with Gasteiger partial charge in [-0.15, -0.1) is 0 Å². The molecule has 1 aliphatic heterocycles. The Balaban J connectivity index is 1.97. The first kappa shape index (κ1) is 16.3. The van der Waals surface area contributed by atoms with Gasteiger partial charge in [-0.05, 0) is 55.3 Å². The Labute approximate surface area is 141 Å². The lowest BCUT2D eigenvalue weighted by atomic mass is 10.1. The van der Waals surface area contributed by atoms with E-state index in [4.69, 9.17) is 4.74 Å². The van der Waals surface area contributed by atoms with Crippen LogP contribution in [0.4, 0.5) is 11.4 Å². The highest BCUT2D eigenvalue weighted by Crippen LogP contribution is 2.33. The highest BCUT2D eigenvalue weighted by Gasteiger charge is 2.25. The van der Waals surface area contributed by atoms with E-state index in [1.54, 1.807) is 25.2 Å². The van der Waals surface area contributed by atoms with E-state index in [0.717, 1.165) is 11.1 Å². The molecule has 6 nitrogen and oxygen atoms in total. The number of benzene rings is 2. The molecule has 1 aliphatic rings. The van der Waals surface area contributed by atoms with Crippen LogP contribution < -0.4 is 14.4 Å². The molecule has 0 spiro atoms. The second-order valence-corrected chi connectivity index (χ2v) is 7.54. The number of ether oxygens (including phenoxy) is 1. The molecule has 0 saturated heterocycles. The van der Waals surface area contributed by atoms with Crippen molar-refractivity contribution in [3.63, 3.8) is 0 Å². The summed E-state index contributed by atoms with van der Waals surface area (Å²) in [4.78, 5) is 13.2. The van der Waals surface area contributed by atoms with E-state index >= 15 is 0 Å². The van der Waals surface area contributed by atoms with Gasteiger partial charge in [0.2, 0.25) is 0 Å². The highest BCUT2D eigenvalue weighted by atomic mass is 32.2. The number of carbonyl (C=O) groups excluding carboxylic acids is 1. The summed E-state index contributed by atoms with van der Waals surface area (Å²) in [5.74, 6) is 0.266. The van der Waals surface area contributed by atoms with Crippen LogP contribution in [0.15, 0.2) is 41.3 Å². The molecule has 7 heteroatoms. The van der Waals surface area contributed by atoms with E-state index in [1.165, 1.54) is 17.0 Å². The largest absolute Gasteiger partial charge is 0.482 e. The topological polar surface area (TPSA) is 75.7 Å². The molecular formula is C17H18N2O4S. The summed E-state index contributed by atoms with van der Waals surface area (Å²) in [7, 11) is -2.17. The molecule has 0 saturated carbocycles. The average Bonchev–Trinajstić information content (AvgIpc) is 2.49. The second kappa shape index (κ2) is 5.83. The van der Waals surface area contributed by atoms with Crippen molar-refractivity contribution in [1.82, 2.24) is 0 Å². The summed E-state index contributed by atoms with van der Waals surface area (Å²) in [5, 5.41) is 0. The first-order valence-electron chi connectivity index (χ1n) is 7.41. The Hall–Kier alpha value is -2.54. The summed E-state index contributed by atoms with van der Waals surface area (Å²) < 4.78 is 33.2. The van der Waals surface area contributed by atoms with Crippen molar-refractivity contribution in [2.24, 2.45) is 0 Å². The fourth-order valence-corrected chi connectivity index (χ4v) is 3.73. The molecule has 2 aromatic carbocycles. The van der Waals surface area contributed by atoms with Crippen molar-refractivity contribution in [1.29, 1.82) is 0 Å². The number of sulfonamides is 1. The molecule has 3 rings (SSSR count). The number of hydrogen-bond donors (Lipinski definition) is 1. The van der Waals surface area contributed by atoms with Crippen molar-refractivity contribution in [2.45, 2.75) is 18.7 Å². The summed E-state index contributed by atoms with van der Waals surface area (Å²) in [6, 6.07) is 9.97. The number of aryl methyl sites for hydroxylation is 2. The maximum atomic E-state index is 12.6. The molecule has 0 unspecified atom stereocenters. The Morgan fingerprint density at radius 1 is 1.08 bits per heavy atom. The highest BCUT2D eigenvalue weighted by molar-refractivity contribution is 7.92. The van der Waals surface area contributed by atoms with Crippen LogP contribution in [-0.4, -0.2) is 28.0 Å². The minimum atomic E-state index is -3.76. The van der Waals surface area contributed by atoms with Crippen LogP contribution in [0.2, 0.25) is 0 Å². The zero-order chi connectivity index (χ0) is 17.5. The first-order chi connectivity index (χ1) is 11.3. The van der Waals surface area contributed by atoms with Crippen LogP contribution in [0.5, 0.6) is 5.75 Å². The molecule has 0 aliphatic carbocycles. The van der Waals surface area contributed by atoms with Crippen LogP contribution in [0.1, 0.15) is 11.1 Å². The number of likely N-dealkylation sites (N-methyl/N-ethyl adjacent to an activating group) is 1. The van der Waals surface area contributed by atoms with Crippen LogP contribution in [0.25, 0.3) is 0 Å². The van der Waals surface area contributed by atoms with E-state index in [1.807, 2.05) is 19.9 Å². The maximum absolute atomic E-state index is 12.6. The zero-order valence-electron chi connectivity index (χ0n) is 13.7. The molecular weight excluding hydrogens is 328 g/mol. The van der Waals surface area contributed by atoms with Crippen molar-refractivity contribution in [3.05, 3.63) is 47.5 Å². The average molecular weight is 346 g/mol. The van der Waals surface area contributed by atoms with E-state index in [-0.39, 0.29) is 17.4 Å². The van der Waals surface area contributed by atoms with E-state index in [2.05, 4.69) is 4.72 Å². The molecule has 1 N–H and O–H groups in total. The minimum Gasteiger partial charge on any atom is -0.482 e. The van der Waals surface area contributed by atoms with Crippen molar-refractivity contribution in [3.8, 4) is 5.75 Å². The van der Waals surface area contributed by atoms with Gasteiger partial charge in [0, 0.05) is 12.7 Å². The molecule has 0 atom stereocenters. The van der Waals surface area contributed by atoms with Gasteiger partial charge in [0.1, 0.15) is 5.75 Å². The number of rotatable bonds is 3. The number of fused-ring (bicyclic) bond motifs is 1. The van der Waals surface area contributed by atoms with E-state index < -0.39 is 10.0 Å². The van der Waals surface area contributed by atoms with E-state index in [9.17, 15) is 13.2 Å². The Kier molecular flexibility index (Phi) is 3.96. The van der Waals surface area contributed by atoms with Gasteiger partial charge in [0.25, 0.3) is 15.9 Å². The van der Waals surface area contributed by atoms with Gasteiger partial charge in [0.05, 0.1) is 10.6 Å². The molecule has 24 heavy (non-hydrogen) atoms. The van der Waals surface area contributed by atoms with Gasteiger partial charge in [-0.1, -0.05) is 6.07 Å². The minimum absolute atomic E-state index is 0.0452. The van der Waals surface area contributed by atoms with Gasteiger partial charge >= 0.3 is 0 Å². The van der Waals surface area contributed by atoms with Gasteiger partial charge in [0.15, 0.2) is 6.61 Å². The van der Waals surface area contributed by atoms with Crippen LogP contribution in [0.3, 0.4) is 0 Å². The first-order valence-corrected chi connectivity index (χ1v) is 8.89. The molecule has 0 aromatic heterocycles. The van der Waals surface area contributed by atoms with Crippen molar-refractivity contribution in [2.75, 3.05) is 23.3 Å². The lowest BCUT2D eigenvalue weighted by Crippen LogP contribution is -2.35. The lowest BCUT2D eigenvalue weighted by molar-refractivity contribution is -0.120. The third-order valence-electron chi connectivity index (χ3n) is 3.80.